The molecule has 4 nitrogen and oxygen atoms in total. The summed E-state index contributed by atoms with van der Waals surface area (Å²) < 4.78 is 5.36. The number of nitrogens with zero attached hydrogens (tertiary/aromatic N) is 1. The number of hydrogen-bond acceptors (Lipinski definition) is 4. The lowest BCUT2D eigenvalue weighted by molar-refractivity contribution is 0.0690. The maximum atomic E-state index is 11.2. The molecule has 0 aliphatic carbocycles. The van der Waals surface area contributed by atoms with Crippen molar-refractivity contribution in [3.63, 3.8) is 0 Å². The van der Waals surface area contributed by atoms with E-state index >= 15 is 0 Å². The molecule has 2 heterocycles. The molecule has 0 unspecified atom stereocenters. The molecular weight excluding hydrogens is 274 g/mol. The Morgan fingerprint density at radius 1 is 1.30 bits per heavy atom. The Labute approximate surface area is 121 Å². The van der Waals surface area contributed by atoms with Crippen LogP contribution < -0.4 is 0 Å². The molecule has 0 amide bonds. The highest BCUT2D eigenvalue weighted by molar-refractivity contribution is 8.00. The highest BCUT2D eigenvalue weighted by Crippen LogP contribution is 2.33. The second-order valence-corrected chi connectivity index (χ2v) is 6.06. The molecule has 0 radical (unpaired) electrons. The lowest BCUT2D eigenvalue weighted by Gasteiger charge is -2.21. The fourth-order valence-corrected chi connectivity index (χ4v) is 3.53. The Balaban J connectivity index is 2.00. The molecule has 0 bridgehead atoms. The molecule has 5 heteroatoms. The molecule has 2 aromatic rings. The predicted octanol–water partition coefficient (Wildman–Crippen LogP) is 3.20. The van der Waals surface area contributed by atoms with Crippen molar-refractivity contribution in [1.82, 2.24) is 4.98 Å². The monoisotopic (exact) mass is 289 g/mol. The van der Waals surface area contributed by atoms with Crippen LogP contribution in [0.5, 0.6) is 0 Å². The molecule has 1 aliphatic rings. The minimum absolute atomic E-state index is 0.109. The molecule has 20 heavy (non-hydrogen) atoms. The molecule has 0 saturated carbocycles. The molecule has 1 fully saturated rings. The predicted molar refractivity (Wildman–Crippen MR) is 78.4 cm³/mol. The number of fused-ring (bicyclic) bond motifs is 1. The van der Waals surface area contributed by atoms with Gasteiger partial charge in [0, 0.05) is 23.8 Å². The summed E-state index contributed by atoms with van der Waals surface area (Å²) in [5.41, 5.74) is 0.109. The summed E-state index contributed by atoms with van der Waals surface area (Å²) in [5, 5.41) is 12.4. The van der Waals surface area contributed by atoms with Gasteiger partial charge in [-0.05, 0) is 24.3 Å². The third kappa shape index (κ3) is 2.78. The Kier molecular flexibility index (Phi) is 3.89. The molecule has 104 valence electrons. The van der Waals surface area contributed by atoms with Crippen LogP contribution in [-0.2, 0) is 4.74 Å². The molecule has 1 aromatic heterocycles. The quantitative estimate of drug-likeness (QED) is 0.940. The molecule has 0 atom stereocenters. The Bertz CT molecular complexity index is 638. The molecule has 1 saturated heterocycles. The van der Waals surface area contributed by atoms with E-state index in [1.165, 1.54) is 0 Å². The third-order valence-corrected chi connectivity index (χ3v) is 4.71. The van der Waals surface area contributed by atoms with Crippen molar-refractivity contribution < 1.29 is 14.6 Å². The normalized spacial score (nSPS) is 16.4. The van der Waals surface area contributed by atoms with Gasteiger partial charge >= 0.3 is 5.97 Å². The van der Waals surface area contributed by atoms with Crippen molar-refractivity contribution in [2.24, 2.45) is 0 Å². The van der Waals surface area contributed by atoms with E-state index in [1.807, 2.05) is 24.3 Å². The lowest BCUT2D eigenvalue weighted by Crippen LogP contribution is -2.17. The van der Waals surface area contributed by atoms with Gasteiger partial charge in [0.25, 0.3) is 0 Å². The molecule has 1 aliphatic heterocycles. The number of rotatable bonds is 3. The van der Waals surface area contributed by atoms with Crippen molar-refractivity contribution in [2.45, 2.75) is 23.1 Å². The number of benzene rings is 1. The van der Waals surface area contributed by atoms with Gasteiger partial charge in [-0.25, -0.2) is 9.78 Å². The number of aromatic nitrogens is 1. The van der Waals surface area contributed by atoms with E-state index < -0.39 is 5.97 Å². The highest BCUT2D eigenvalue weighted by atomic mass is 32.2. The summed E-state index contributed by atoms with van der Waals surface area (Å²) in [6.45, 7) is 1.54. The van der Waals surface area contributed by atoms with E-state index in [4.69, 9.17) is 4.74 Å². The second-order valence-electron chi connectivity index (χ2n) is 4.77. The first-order valence-electron chi connectivity index (χ1n) is 6.61. The summed E-state index contributed by atoms with van der Waals surface area (Å²) in [5.74, 6) is -0.982. The Morgan fingerprint density at radius 3 is 2.80 bits per heavy atom. The van der Waals surface area contributed by atoms with Gasteiger partial charge in [-0.3, -0.25) is 0 Å². The fourth-order valence-electron chi connectivity index (χ4n) is 2.32. The van der Waals surface area contributed by atoms with Gasteiger partial charge in [-0.1, -0.05) is 24.3 Å². The SMILES string of the molecule is O=C(O)c1cc2ccccc2c(SC2CCOCC2)n1. The van der Waals surface area contributed by atoms with Crippen molar-refractivity contribution in [3.05, 3.63) is 36.0 Å². The Hall–Kier alpha value is -1.59. The van der Waals surface area contributed by atoms with Crippen LogP contribution in [0, 0.1) is 0 Å². The average Bonchev–Trinajstić information content (AvgIpc) is 2.48. The van der Waals surface area contributed by atoms with E-state index in [0.717, 1.165) is 41.9 Å². The minimum atomic E-state index is -0.982. The number of carboxylic acid groups (broad SMARTS) is 1. The van der Waals surface area contributed by atoms with Crippen LogP contribution >= 0.6 is 11.8 Å². The second kappa shape index (κ2) is 5.81. The standard InChI is InChI=1S/C15H15NO3S/c17-15(18)13-9-10-3-1-2-4-12(10)14(16-13)20-11-5-7-19-8-6-11/h1-4,9,11H,5-8H2,(H,17,18). The van der Waals surface area contributed by atoms with Crippen molar-refractivity contribution in [1.29, 1.82) is 0 Å². The average molecular weight is 289 g/mol. The minimum Gasteiger partial charge on any atom is -0.477 e. The third-order valence-electron chi connectivity index (χ3n) is 3.37. The molecule has 1 aromatic carbocycles. The van der Waals surface area contributed by atoms with E-state index in [-0.39, 0.29) is 5.69 Å². The molecule has 0 spiro atoms. The van der Waals surface area contributed by atoms with Gasteiger partial charge in [0.15, 0.2) is 0 Å². The highest BCUT2D eigenvalue weighted by Gasteiger charge is 2.18. The number of ether oxygens (including phenoxy) is 1. The van der Waals surface area contributed by atoms with Crippen molar-refractivity contribution >= 4 is 28.5 Å². The summed E-state index contributed by atoms with van der Waals surface area (Å²) in [6.07, 6.45) is 1.97. The van der Waals surface area contributed by atoms with Crippen LogP contribution in [0.2, 0.25) is 0 Å². The zero-order chi connectivity index (χ0) is 13.9. The summed E-state index contributed by atoms with van der Waals surface area (Å²) in [6, 6.07) is 9.42. The lowest BCUT2D eigenvalue weighted by atomic mass is 10.1. The molecule has 1 N–H and O–H groups in total. The van der Waals surface area contributed by atoms with Gasteiger partial charge < -0.3 is 9.84 Å². The van der Waals surface area contributed by atoms with Gasteiger partial charge in [0.05, 0.1) is 0 Å². The number of aromatic carboxylic acids is 1. The van der Waals surface area contributed by atoms with Gasteiger partial charge in [0.2, 0.25) is 0 Å². The Morgan fingerprint density at radius 2 is 2.05 bits per heavy atom. The van der Waals surface area contributed by atoms with Crippen LogP contribution in [0.25, 0.3) is 10.8 Å². The van der Waals surface area contributed by atoms with E-state index in [0.29, 0.717) is 5.25 Å². The molecule has 3 rings (SSSR count). The van der Waals surface area contributed by atoms with Crippen LogP contribution in [-0.4, -0.2) is 34.5 Å². The largest absolute Gasteiger partial charge is 0.477 e. The first-order chi connectivity index (χ1) is 9.74. The van der Waals surface area contributed by atoms with Crippen LogP contribution in [0.3, 0.4) is 0 Å². The molecular formula is C15H15NO3S. The van der Waals surface area contributed by atoms with Gasteiger partial charge in [0.1, 0.15) is 10.7 Å². The zero-order valence-electron chi connectivity index (χ0n) is 10.9. The van der Waals surface area contributed by atoms with Crippen LogP contribution in [0.15, 0.2) is 35.4 Å². The van der Waals surface area contributed by atoms with Crippen LogP contribution in [0.4, 0.5) is 0 Å². The topological polar surface area (TPSA) is 59.4 Å². The van der Waals surface area contributed by atoms with Gasteiger partial charge in [-0.2, -0.15) is 0 Å². The number of carboxylic acids is 1. The van der Waals surface area contributed by atoms with Gasteiger partial charge in [-0.15, -0.1) is 11.8 Å². The van der Waals surface area contributed by atoms with E-state index in [2.05, 4.69) is 4.98 Å². The van der Waals surface area contributed by atoms with Crippen molar-refractivity contribution in [2.75, 3.05) is 13.2 Å². The number of carbonyl (C=O) groups is 1. The first-order valence-corrected chi connectivity index (χ1v) is 7.49. The van der Waals surface area contributed by atoms with E-state index in [9.17, 15) is 9.90 Å². The number of thioether (sulfide) groups is 1. The van der Waals surface area contributed by atoms with Crippen molar-refractivity contribution in [3.8, 4) is 0 Å². The summed E-state index contributed by atoms with van der Waals surface area (Å²) in [4.78, 5) is 15.5. The smallest absolute Gasteiger partial charge is 0.354 e. The zero-order valence-corrected chi connectivity index (χ0v) is 11.7. The maximum Gasteiger partial charge on any atom is 0.354 e. The fraction of sp³-hybridized carbons (Fsp3) is 0.333. The van der Waals surface area contributed by atoms with Crippen LogP contribution in [0.1, 0.15) is 23.3 Å². The summed E-state index contributed by atoms with van der Waals surface area (Å²) in [7, 11) is 0. The summed E-state index contributed by atoms with van der Waals surface area (Å²) >= 11 is 1.67. The number of hydrogen-bond donors (Lipinski definition) is 1. The maximum absolute atomic E-state index is 11.2. The van der Waals surface area contributed by atoms with E-state index in [1.54, 1.807) is 17.8 Å². The first kappa shape index (κ1) is 13.4. The number of pyridine rings is 1.